The predicted octanol–water partition coefficient (Wildman–Crippen LogP) is 1.87. The highest BCUT2D eigenvalue weighted by Crippen LogP contribution is 2.18. The number of aryl methyl sites for hydroxylation is 2. The minimum atomic E-state index is -0.366. The Bertz CT molecular complexity index is 331. The fourth-order valence-corrected chi connectivity index (χ4v) is 2.09. The maximum absolute atomic E-state index is 12.4. The minimum Gasteiger partial charge on any atom is -0.328 e. The van der Waals surface area contributed by atoms with E-state index in [2.05, 4.69) is 18.9 Å². The number of aromatic nitrogens is 2. The molecule has 2 N–H and O–H groups in total. The van der Waals surface area contributed by atoms with E-state index in [0.717, 1.165) is 30.7 Å². The van der Waals surface area contributed by atoms with Crippen molar-refractivity contribution in [3.63, 3.8) is 0 Å². The van der Waals surface area contributed by atoms with Gasteiger partial charge in [-0.15, -0.1) is 0 Å². The smallest absolute Gasteiger partial charge is 0.109 e. The van der Waals surface area contributed by atoms with Crippen LogP contribution in [-0.4, -0.2) is 22.5 Å². The third-order valence-electron chi connectivity index (χ3n) is 2.74. The van der Waals surface area contributed by atoms with Crippen LogP contribution in [0, 0.1) is 0 Å². The highest BCUT2D eigenvalue weighted by atomic mass is 19.1. The molecule has 0 saturated carbocycles. The molecule has 0 aliphatic rings. The van der Waals surface area contributed by atoms with Crippen LogP contribution in [-0.2, 0) is 25.8 Å². The predicted molar refractivity (Wildman–Crippen MR) is 64.3 cm³/mol. The Morgan fingerprint density at radius 3 is 2.50 bits per heavy atom. The lowest BCUT2D eigenvalue weighted by molar-refractivity contribution is 0.419. The van der Waals surface area contributed by atoms with Gasteiger partial charge in [0.05, 0.1) is 12.2 Å². The van der Waals surface area contributed by atoms with Gasteiger partial charge in [0.15, 0.2) is 0 Å². The molecule has 0 saturated heterocycles. The van der Waals surface area contributed by atoms with Crippen molar-refractivity contribution in [2.45, 2.75) is 52.6 Å². The standard InChI is InChI=1S/C12H22FN3/c1-4-11-10(8-9(3)14)12(5-2)16(15-11)7-6-13/h9H,4-8,14H2,1-3H3. The molecule has 0 aliphatic heterocycles. The Morgan fingerprint density at radius 2 is 2.06 bits per heavy atom. The average molecular weight is 227 g/mol. The van der Waals surface area contributed by atoms with Crippen molar-refractivity contribution in [3.05, 3.63) is 17.0 Å². The fourth-order valence-electron chi connectivity index (χ4n) is 2.09. The lowest BCUT2D eigenvalue weighted by Gasteiger charge is -2.08. The molecule has 92 valence electrons. The van der Waals surface area contributed by atoms with Gasteiger partial charge in [-0.2, -0.15) is 5.10 Å². The fraction of sp³-hybridized carbons (Fsp3) is 0.750. The first-order chi connectivity index (χ1) is 7.63. The van der Waals surface area contributed by atoms with Crippen molar-refractivity contribution >= 4 is 0 Å². The number of alkyl halides is 1. The zero-order valence-corrected chi connectivity index (χ0v) is 10.5. The van der Waals surface area contributed by atoms with Crippen LogP contribution >= 0.6 is 0 Å². The molecule has 0 amide bonds. The summed E-state index contributed by atoms with van der Waals surface area (Å²) < 4.78 is 14.2. The van der Waals surface area contributed by atoms with E-state index in [9.17, 15) is 4.39 Å². The lowest BCUT2D eigenvalue weighted by Crippen LogP contribution is -2.19. The maximum Gasteiger partial charge on any atom is 0.109 e. The van der Waals surface area contributed by atoms with Gasteiger partial charge >= 0.3 is 0 Å². The highest BCUT2D eigenvalue weighted by molar-refractivity contribution is 5.27. The largest absolute Gasteiger partial charge is 0.328 e. The molecule has 0 radical (unpaired) electrons. The molecule has 1 aromatic rings. The van der Waals surface area contributed by atoms with Crippen molar-refractivity contribution in [2.24, 2.45) is 5.73 Å². The zero-order chi connectivity index (χ0) is 12.1. The highest BCUT2D eigenvalue weighted by Gasteiger charge is 2.16. The van der Waals surface area contributed by atoms with Crippen LogP contribution in [0.2, 0.25) is 0 Å². The molecule has 0 aromatic carbocycles. The average Bonchev–Trinajstić information content (AvgIpc) is 2.55. The second kappa shape index (κ2) is 5.99. The topological polar surface area (TPSA) is 43.8 Å². The molecular formula is C12H22FN3. The summed E-state index contributed by atoms with van der Waals surface area (Å²) in [6.45, 7) is 6.14. The number of rotatable bonds is 6. The number of hydrogen-bond acceptors (Lipinski definition) is 2. The van der Waals surface area contributed by atoms with Gasteiger partial charge in [-0.3, -0.25) is 4.68 Å². The van der Waals surface area contributed by atoms with E-state index >= 15 is 0 Å². The maximum atomic E-state index is 12.4. The number of hydrogen-bond donors (Lipinski definition) is 1. The van der Waals surface area contributed by atoms with Crippen LogP contribution < -0.4 is 5.73 Å². The van der Waals surface area contributed by atoms with Crippen LogP contribution in [0.1, 0.15) is 37.7 Å². The lowest BCUT2D eigenvalue weighted by atomic mass is 10.0. The van der Waals surface area contributed by atoms with Crippen molar-refractivity contribution < 1.29 is 4.39 Å². The van der Waals surface area contributed by atoms with Gasteiger partial charge in [-0.25, -0.2) is 4.39 Å². The van der Waals surface area contributed by atoms with E-state index in [-0.39, 0.29) is 12.7 Å². The van der Waals surface area contributed by atoms with Gasteiger partial charge < -0.3 is 5.73 Å². The van der Waals surface area contributed by atoms with E-state index in [0.29, 0.717) is 6.54 Å². The van der Waals surface area contributed by atoms with Crippen LogP contribution in [0.3, 0.4) is 0 Å². The molecule has 1 unspecified atom stereocenters. The summed E-state index contributed by atoms with van der Waals surface area (Å²) in [4.78, 5) is 0. The molecule has 4 heteroatoms. The van der Waals surface area contributed by atoms with Gasteiger partial charge in [0, 0.05) is 11.7 Å². The summed E-state index contributed by atoms with van der Waals surface area (Å²) in [5.41, 5.74) is 9.29. The molecule has 0 aliphatic carbocycles. The minimum absolute atomic E-state index is 0.124. The zero-order valence-electron chi connectivity index (χ0n) is 10.5. The Labute approximate surface area is 96.8 Å². The van der Waals surface area contributed by atoms with Gasteiger partial charge in [-0.05, 0) is 31.7 Å². The number of nitrogens with two attached hydrogens (primary N) is 1. The summed E-state index contributed by atoms with van der Waals surface area (Å²) in [7, 11) is 0. The van der Waals surface area contributed by atoms with E-state index in [1.54, 1.807) is 4.68 Å². The molecule has 3 nitrogen and oxygen atoms in total. The monoisotopic (exact) mass is 227 g/mol. The first kappa shape index (κ1) is 13.2. The second-order valence-electron chi connectivity index (χ2n) is 4.17. The van der Waals surface area contributed by atoms with Crippen molar-refractivity contribution in [1.82, 2.24) is 9.78 Å². The van der Waals surface area contributed by atoms with Gasteiger partial charge in [0.25, 0.3) is 0 Å². The second-order valence-corrected chi connectivity index (χ2v) is 4.17. The van der Waals surface area contributed by atoms with Gasteiger partial charge in [-0.1, -0.05) is 13.8 Å². The molecule has 0 spiro atoms. The Hall–Kier alpha value is -0.900. The third kappa shape index (κ3) is 2.82. The number of nitrogens with zero attached hydrogens (tertiary/aromatic N) is 2. The van der Waals surface area contributed by atoms with Crippen molar-refractivity contribution in [1.29, 1.82) is 0 Å². The van der Waals surface area contributed by atoms with E-state index in [1.165, 1.54) is 5.56 Å². The van der Waals surface area contributed by atoms with E-state index < -0.39 is 0 Å². The first-order valence-electron chi connectivity index (χ1n) is 6.02. The third-order valence-corrected chi connectivity index (χ3v) is 2.74. The molecule has 0 fully saturated rings. The molecule has 16 heavy (non-hydrogen) atoms. The Morgan fingerprint density at radius 1 is 1.38 bits per heavy atom. The van der Waals surface area contributed by atoms with Crippen LogP contribution in [0.25, 0.3) is 0 Å². The van der Waals surface area contributed by atoms with Crippen LogP contribution in [0.15, 0.2) is 0 Å². The van der Waals surface area contributed by atoms with Gasteiger partial charge in [0.1, 0.15) is 6.67 Å². The van der Waals surface area contributed by atoms with Crippen molar-refractivity contribution in [2.75, 3.05) is 6.67 Å². The summed E-state index contributed by atoms with van der Waals surface area (Å²) in [6.07, 6.45) is 2.60. The first-order valence-corrected chi connectivity index (χ1v) is 6.02. The molecule has 1 heterocycles. The van der Waals surface area contributed by atoms with E-state index in [1.807, 2.05) is 6.92 Å². The molecule has 0 bridgehead atoms. The molecule has 1 rings (SSSR count). The Balaban J connectivity index is 3.09. The Kier molecular flexibility index (Phi) is 4.93. The summed E-state index contributed by atoms with van der Waals surface area (Å²) in [5.74, 6) is 0. The van der Waals surface area contributed by atoms with Crippen LogP contribution in [0.4, 0.5) is 4.39 Å². The van der Waals surface area contributed by atoms with E-state index in [4.69, 9.17) is 5.73 Å². The summed E-state index contributed by atoms with van der Waals surface area (Å²) >= 11 is 0. The quantitative estimate of drug-likeness (QED) is 0.806. The normalized spacial score (nSPS) is 13.1. The number of halogens is 1. The molecule has 1 atom stereocenters. The van der Waals surface area contributed by atoms with Crippen molar-refractivity contribution in [3.8, 4) is 0 Å². The molecule has 1 aromatic heterocycles. The summed E-state index contributed by atoms with van der Waals surface area (Å²) in [5, 5.41) is 4.46. The summed E-state index contributed by atoms with van der Waals surface area (Å²) in [6, 6.07) is 0.124. The van der Waals surface area contributed by atoms with Gasteiger partial charge in [0.2, 0.25) is 0 Å². The van der Waals surface area contributed by atoms with Crippen LogP contribution in [0.5, 0.6) is 0 Å². The SMILES string of the molecule is CCc1nn(CCF)c(CC)c1CC(C)N. The molecular weight excluding hydrogens is 205 g/mol.